The number of hydrogen-bond donors (Lipinski definition) is 0. The molecule has 0 N–H and O–H groups in total. The van der Waals surface area contributed by atoms with Crippen LogP contribution < -0.4 is 4.90 Å². The van der Waals surface area contributed by atoms with Crippen LogP contribution >= 0.6 is 11.6 Å². The van der Waals surface area contributed by atoms with E-state index in [2.05, 4.69) is 25.9 Å². The van der Waals surface area contributed by atoms with E-state index in [-0.39, 0.29) is 0 Å². The molecule has 2 heterocycles. The summed E-state index contributed by atoms with van der Waals surface area (Å²) in [6, 6.07) is 4.55. The van der Waals surface area contributed by atoms with E-state index >= 15 is 0 Å². The van der Waals surface area contributed by atoms with Crippen LogP contribution in [0.5, 0.6) is 0 Å². The lowest BCUT2D eigenvalue weighted by molar-refractivity contribution is 0.773. The van der Waals surface area contributed by atoms with E-state index in [1.165, 1.54) is 18.4 Å². The minimum absolute atomic E-state index is 0.539. The Kier molecular flexibility index (Phi) is 3.11. The largest absolute Gasteiger partial charge is 0.348 e. The number of pyridine rings is 1. The van der Waals surface area contributed by atoms with Gasteiger partial charge in [0.1, 0.15) is 11.3 Å². The maximum absolute atomic E-state index is 6.17. The Bertz CT molecular complexity index is 528. The van der Waals surface area contributed by atoms with Crippen molar-refractivity contribution < 1.29 is 0 Å². The first-order valence-corrected chi connectivity index (χ1v) is 6.33. The second-order valence-electron chi connectivity index (χ2n) is 4.41. The number of rotatable bonds is 4. The first-order chi connectivity index (χ1) is 8.84. The molecule has 0 aliphatic heterocycles. The Labute approximate surface area is 111 Å². The molecule has 92 valence electrons. The van der Waals surface area contributed by atoms with Crippen LogP contribution in [0.3, 0.4) is 0 Å². The fourth-order valence-electron chi connectivity index (χ4n) is 1.97. The molecular weight excluding hydrogens is 248 g/mol. The molecule has 1 aliphatic rings. The molecule has 0 bridgehead atoms. The molecule has 1 saturated carbocycles. The summed E-state index contributed by atoms with van der Waals surface area (Å²) in [5.74, 6) is 0.818. The van der Waals surface area contributed by atoms with Crippen molar-refractivity contribution in [1.29, 1.82) is 0 Å². The summed E-state index contributed by atoms with van der Waals surface area (Å²) in [4.78, 5) is 14.6. The van der Waals surface area contributed by atoms with Crippen LogP contribution in [0.4, 0.5) is 5.82 Å². The first-order valence-electron chi connectivity index (χ1n) is 5.95. The van der Waals surface area contributed by atoms with Gasteiger partial charge in [0.05, 0.1) is 6.20 Å². The van der Waals surface area contributed by atoms with Gasteiger partial charge in [-0.2, -0.15) is 0 Å². The zero-order valence-corrected chi connectivity index (χ0v) is 10.6. The third-order valence-electron chi connectivity index (χ3n) is 2.98. The van der Waals surface area contributed by atoms with E-state index in [0.717, 1.165) is 12.4 Å². The number of halogens is 1. The topological polar surface area (TPSA) is 41.9 Å². The van der Waals surface area contributed by atoms with Crippen molar-refractivity contribution in [1.82, 2.24) is 15.0 Å². The quantitative estimate of drug-likeness (QED) is 0.848. The summed E-state index contributed by atoms with van der Waals surface area (Å²) in [7, 11) is 0. The molecule has 0 unspecified atom stereocenters. The maximum Gasteiger partial charge on any atom is 0.151 e. The lowest BCUT2D eigenvalue weighted by atomic mass is 10.2. The third kappa shape index (κ3) is 2.43. The molecule has 0 atom stereocenters. The fraction of sp³-hybridized carbons (Fsp3) is 0.308. The maximum atomic E-state index is 6.17. The van der Waals surface area contributed by atoms with Crippen LogP contribution in [0.1, 0.15) is 18.4 Å². The molecule has 0 spiro atoms. The van der Waals surface area contributed by atoms with Gasteiger partial charge in [0.2, 0.25) is 0 Å². The molecular formula is C13H13ClN4. The monoisotopic (exact) mass is 260 g/mol. The van der Waals surface area contributed by atoms with Crippen LogP contribution in [0.2, 0.25) is 5.02 Å². The lowest BCUT2D eigenvalue weighted by Gasteiger charge is -2.24. The average Bonchev–Trinajstić information content (AvgIpc) is 3.23. The van der Waals surface area contributed by atoms with Gasteiger partial charge in [-0.15, -0.1) is 0 Å². The SMILES string of the molecule is Clc1cncnc1N(Cc1cccnc1)C1CC1. The predicted molar refractivity (Wildman–Crippen MR) is 70.5 cm³/mol. The molecule has 3 rings (SSSR count). The molecule has 4 nitrogen and oxygen atoms in total. The number of anilines is 1. The van der Waals surface area contributed by atoms with Crippen LogP contribution in [-0.4, -0.2) is 21.0 Å². The summed E-state index contributed by atoms with van der Waals surface area (Å²) < 4.78 is 0. The van der Waals surface area contributed by atoms with E-state index in [1.54, 1.807) is 18.7 Å². The van der Waals surface area contributed by atoms with Gasteiger partial charge >= 0.3 is 0 Å². The standard InChI is InChI=1S/C13H13ClN4/c14-12-7-16-9-17-13(12)18(11-3-4-11)8-10-2-1-5-15-6-10/h1-2,5-7,9,11H,3-4,8H2. The van der Waals surface area contributed by atoms with Crippen LogP contribution in [0.25, 0.3) is 0 Å². The average molecular weight is 261 g/mol. The van der Waals surface area contributed by atoms with Gasteiger partial charge in [-0.3, -0.25) is 4.98 Å². The van der Waals surface area contributed by atoms with Gasteiger partial charge in [-0.25, -0.2) is 9.97 Å². The van der Waals surface area contributed by atoms with Gasteiger partial charge in [0, 0.05) is 25.0 Å². The third-order valence-corrected chi connectivity index (χ3v) is 3.25. The molecule has 0 amide bonds. The fourth-order valence-corrected chi connectivity index (χ4v) is 2.18. The predicted octanol–water partition coefficient (Wildman–Crippen LogP) is 2.69. The second kappa shape index (κ2) is 4.90. The van der Waals surface area contributed by atoms with Crippen LogP contribution in [0.15, 0.2) is 37.1 Å². The highest BCUT2D eigenvalue weighted by molar-refractivity contribution is 6.32. The molecule has 5 heteroatoms. The minimum atomic E-state index is 0.539. The zero-order valence-electron chi connectivity index (χ0n) is 9.83. The van der Waals surface area contributed by atoms with Crippen LogP contribution in [-0.2, 0) is 6.54 Å². The lowest BCUT2D eigenvalue weighted by Crippen LogP contribution is -2.26. The van der Waals surface area contributed by atoms with E-state index in [0.29, 0.717) is 11.1 Å². The number of hydrogen-bond acceptors (Lipinski definition) is 4. The van der Waals surface area contributed by atoms with E-state index < -0.39 is 0 Å². The van der Waals surface area contributed by atoms with Crippen molar-refractivity contribution in [2.24, 2.45) is 0 Å². The molecule has 1 fully saturated rings. The smallest absolute Gasteiger partial charge is 0.151 e. The Morgan fingerprint density at radius 2 is 2.17 bits per heavy atom. The van der Waals surface area contributed by atoms with Gasteiger partial charge in [-0.05, 0) is 24.5 Å². The summed E-state index contributed by atoms with van der Waals surface area (Å²) in [5.41, 5.74) is 1.17. The van der Waals surface area contributed by atoms with Crippen molar-refractivity contribution >= 4 is 17.4 Å². The van der Waals surface area contributed by atoms with Gasteiger partial charge in [0.15, 0.2) is 5.82 Å². The molecule has 0 aromatic carbocycles. The van der Waals surface area contributed by atoms with Crippen molar-refractivity contribution in [3.63, 3.8) is 0 Å². The molecule has 2 aromatic rings. The Hall–Kier alpha value is -1.68. The summed E-state index contributed by atoms with van der Waals surface area (Å²) >= 11 is 6.17. The summed E-state index contributed by atoms with van der Waals surface area (Å²) in [5, 5.41) is 0.605. The van der Waals surface area contributed by atoms with Crippen molar-refractivity contribution in [2.75, 3.05) is 4.90 Å². The second-order valence-corrected chi connectivity index (χ2v) is 4.82. The van der Waals surface area contributed by atoms with Gasteiger partial charge < -0.3 is 4.90 Å². The van der Waals surface area contributed by atoms with Crippen molar-refractivity contribution in [3.05, 3.63) is 47.6 Å². The Morgan fingerprint density at radius 1 is 1.28 bits per heavy atom. The molecule has 18 heavy (non-hydrogen) atoms. The Balaban J connectivity index is 1.87. The normalized spacial score (nSPS) is 14.5. The van der Waals surface area contributed by atoms with E-state index in [9.17, 15) is 0 Å². The highest BCUT2D eigenvalue weighted by atomic mass is 35.5. The van der Waals surface area contributed by atoms with E-state index in [4.69, 9.17) is 11.6 Å². The molecule has 1 aliphatic carbocycles. The van der Waals surface area contributed by atoms with Crippen molar-refractivity contribution in [2.45, 2.75) is 25.4 Å². The molecule has 0 saturated heterocycles. The zero-order chi connectivity index (χ0) is 12.4. The van der Waals surface area contributed by atoms with Gasteiger partial charge in [0.25, 0.3) is 0 Å². The summed E-state index contributed by atoms with van der Waals surface area (Å²) in [6.45, 7) is 0.787. The number of nitrogens with zero attached hydrogens (tertiary/aromatic N) is 4. The van der Waals surface area contributed by atoms with Crippen molar-refractivity contribution in [3.8, 4) is 0 Å². The van der Waals surface area contributed by atoms with Crippen LogP contribution in [0, 0.1) is 0 Å². The van der Waals surface area contributed by atoms with Gasteiger partial charge in [-0.1, -0.05) is 17.7 Å². The van der Waals surface area contributed by atoms with E-state index in [1.807, 2.05) is 12.3 Å². The highest BCUT2D eigenvalue weighted by Crippen LogP contribution is 2.34. The highest BCUT2D eigenvalue weighted by Gasteiger charge is 2.31. The molecule has 2 aromatic heterocycles. The summed E-state index contributed by atoms with van der Waals surface area (Å²) in [6.07, 6.45) is 9.23. The number of aromatic nitrogens is 3. The Morgan fingerprint density at radius 3 is 2.83 bits per heavy atom. The minimum Gasteiger partial charge on any atom is -0.348 e. The first kappa shape index (κ1) is 11.4. The molecule has 0 radical (unpaired) electrons.